The molecule has 1 saturated heterocycles. The molecule has 1 unspecified atom stereocenters. The summed E-state index contributed by atoms with van der Waals surface area (Å²) in [7, 11) is 1.67. The van der Waals surface area contributed by atoms with Crippen LogP contribution in [0.25, 0.3) is 0 Å². The van der Waals surface area contributed by atoms with Crippen molar-refractivity contribution in [1.29, 1.82) is 0 Å². The SMILES string of the molecule is CC[N+]1(C(C)C(=O)Nc2c(C)cc(OC)cc2C)CCCCCC1.Cc1ccccc1.[Y]. The van der Waals surface area contributed by atoms with Crippen LogP contribution in [0.1, 0.15) is 56.2 Å². The Morgan fingerprint density at radius 3 is 1.94 bits per heavy atom. The van der Waals surface area contributed by atoms with E-state index in [0.29, 0.717) is 0 Å². The average Bonchev–Trinajstić information content (AvgIpc) is 3.03. The molecule has 4 nitrogen and oxygen atoms in total. The van der Waals surface area contributed by atoms with Gasteiger partial charge in [-0.15, -0.1) is 0 Å². The van der Waals surface area contributed by atoms with E-state index < -0.39 is 0 Å². The van der Waals surface area contributed by atoms with Crippen LogP contribution in [0.4, 0.5) is 5.69 Å². The average molecular weight is 515 g/mol. The number of anilines is 1. The second kappa shape index (κ2) is 14.1. The van der Waals surface area contributed by atoms with Crippen LogP contribution >= 0.6 is 0 Å². The Kier molecular flexibility index (Phi) is 12.7. The van der Waals surface area contributed by atoms with Crippen LogP contribution in [0.3, 0.4) is 0 Å². The van der Waals surface area contributed by atoms with Gasteiger partial charge in [0.1, 0.15) is 5.75 Å². The molecule has 1 heterocycles. The number of likely N-dealkylation sites (N-methyl/N-ethyl adjacent to an activating group) is 1. The van der Waals surface area contributed by atoms with Crippen LogP contribution in [-0.4, -0.2) is 43.2 Å². The quantitative estimate of drug-likeness (QED) is 0.494. The number of nitrogens with zero attached hydrogens (tertiary/aromatic N) is 1. The second-order valence-electron chi connectivity index (χ2n) is 8.85. The molecule has 173 valence electrons. The molecular formula is C27H41N2O2Y+. The number of rotatable bonds is 5. The number of likely N-dealkylation sites (tertiary alicyclic amines) is 1. The van der Waals surface area contributed by atoms with Gasteiger partial charge in [-0.25, -0.2) is 0 Å². The molecule has 1 fully saturated rings. The summed E-state index contributed by atoms with van der Waals surface area (Å²) in [5, 5.41) is 3.20. The van der Waals surface area contributed by atoms with Crippen molar-refractivity contribution < 1.29 is 46.7 Å². The number of methoxy groups -OCH3 is 1. The molecular weight excluding hydrogens is 473 g/mol. The molecule has 1 N–H and O–H groups in total. The maximum atomic E-state index is 13.0. The fraction of sp³-hybridized carbons (Fsp3) is 0.519. The second-order valence-corrected chi connectivity index (χ2v) is 8.85. The number of amides is 1. The van der Waals surface area contributed by atoms with E-state index in [1.54, 1.807) is 7.11 Å². The molecule has 32 heavy (non-hydrogen) atoms. The molecule has 0 aromatic heterocycles. The molecule has 1 aliphatic rings. The van der Waals surface area contributed by atoms with Gasteiger partial charge in [-0.3, -0.25) is 4.79 Å². The maximum absolute atomic E-state index is 13.0. The number of aryl methyl sites for hydroxylation is 3. The van der Waals surface area contributed by atoms with Gasteiger partial charge < -0.3 is 14.5 Å². The Bertz CT molecular complexity index is 808. The summed E-state index contributed by atoms with van der Waals surface area (Å²) < 4.78 is 6.23. The molecule has 0 bridgehead atoms. The molecule has 1 atom stereocenters. The van der Waals surface area contributed by atoms with Gasteiger partial charge >= 0.3 is 0 Å². The predicted octanol–water partition coefficient (Wildman–Crippen LogP) is 6.04. The minimum Gasteiger partial charge on any atom is -0.497 e. The number of hydrogen-bond donors (Lipinski definition) is 1. The summed E-state index contributed by atoms with van der Waals surface area (Å²) in [6, 6.07) is 14.2. The fourth-order valence-corrected chi connectivity index (χ4v) is 4.55. The van der Waals surface area contributed by atoms with Crippen molar-refractivity contribution in [2.24, 2.45) is 0 Å². The number of carbonyl (C=O) groups excluding carboxylic acids is 1. The Hall–Kier alpha value is -1.23. The number of quaternary nitrogens is 1. The van der Waals surface area contributed by atoms with Gasteiger partial charge in [-0.1, -0.05) is 35.9 Å². The van der Waals surface area contributed by atoms with Crippen LogP contribution < -0.4 is 10.1 Å². The third-order valence-corrected chi connectivity index (χ3v) is 6.72. The molecule has 2 aromatic rings. The molecule has 1 amide bonds. The van der Waals surface area contributed by atoms with Crippen molar-refractivity contribution in [2.75, 3.05) is 32.1 Å². The van der Waals surface area contributed by atoms with Crippen molar-refractivity contribution in [2.45, 2.75) is 66.3 Å². The van der Waals surface area contributed by atoms with Crippen LogP contribution in [0.15, 0.2) is 42.5 Å². The van der Waals surface area contributed by atoms with Gasteiger partial charge in [0.2, 0.25) is 0 Å². The number of carbonyl (C=O) groups is 1. The first-order chi connectivity index (χ1) is 14.8. The molecule has 1 aliphatic heterocycles. The predicted molar refractivity (Wildman–Crippen MR) is 131 cm³/mol. The van der Waals surface area contributed by atoms with Crippen LogP contribution in [-0.2, 0) is 37.5 Å². The van der Waals surface area contributed by atoms with E-state index >= 15 is 0 Å². The topological polar surface area (TPSA) is 38.3 Å². The van der Waals surface area contributed by atoms with Crippen molar-refractivity contribution in [3.63, 3.8) is 0 Å². The Balaban J connectivity index is 0.000000545. The van der Waals surface area contributed by atoms with Crippen molar-refractivity contribution in [3.8, 4) is 5.75 Å². The van der Waals surface area contributed by atoms with E-state index in [0.717, 1.165) is 46.7 Å². The van der Waals surface area contributed by atoms with Gasteiger partial charge in [0.25, 0.3) is 5.91 Å². The molecule has 2 aromatic carbocycles. The molecule has 3 rings (SSSR count). The molecule has 0 saturated carbocycles. The largest absolute Gasteiger partial charge is 0.497 e. The van der Waals surface area contributed by atoms with E-state index in [-0.39, 0.29) is 44.7 Å². The monoisotopic (exact) mass is 514 g/mol. The minimum atomic E-state index is -0.0194. The summed E-state index contributed by atoms with van der Waals surface area (Å²) in [5.41, 5.74) is 4.34. The van der Waals surface area contributed by atoms with Crippen LogP contribution in [0, 0.1) is 20.8 Å². The number of nitrogens with one attached hydrogen (secondary N) is 1. The summed E-state index contributed by atoms with van der Waals surface area (Å²) in [5.74, 6) is 0.968. The zero-order chi connectivity index (χ0) is 22.9. The number of benzene rings is 2. The third-order valence-electron chi connectivity index (χ3n) is 6.72. The van der Waals surface area contributed by atoms with Gasteiger partial charge in [-0.05, 0) is 83.6 Å². The number of ether oxygens (including phenoxy) is 1. The van der Waals surface area contributed by atoms with Gasteiger partial charge in [-0.2, -0.15) is 0 Å². The van der Waals surface area contributed by atoms with Crippen molar-refractivity contribution in [1.82, 2.24) is 0 Å². The van der Waals surface area contributed by atoms with E-state index in [1.165, 1.54) is 31.2 Å². The van der Waals surface area contributed by atoms with E-state index in [9.17, 15) is 4.79 Å². The Morgan fingerprint density at radius 1 is 1.00 bits per heavy atom. The Morgan fingerprint density at radius 2 is 1.53 bits per heavy atom. The molecule has 0 spiro atoms. The van der Waals surface area contributed by atoms with Gasteiger partial charge in [0.15, 0.2) is 6.04 Å². The van der Waals surface area contributed by atoms with E-state index in [2.05, 4.69) is 38.2 Å². The molecule has 0 aliphatic carbocycles. The summed E-state index contributed by atoms with van der Waals surface area (Å²) in [6.45, 7) is 13.7. The van der Waals surface area contributed by atoms with E-state index in [1.807, 2.05) is 44.2 Å². The van der Waals surface area contributed by atoms with E-state index in [4.69, 9.17) is 4.74 Å². The van der Waals surface area contributed by atoms with Gasteiger partial charge in [0, 0.05) is 38.4 Å². The zero-order valence-corrected chi connectivity index (χ0v) is 23.7. The normalized spacial score (nSPS) is 15.8. The number of hydrogen-bond acceptors (Lipinski definition) is 2. The summed E-state index contributed by atoms with van der Waals surface area (Å²) >= 11 is 0. The minimum absolute atomic E-state index is 0. The summed E-state index contributed by atoms with van der Waals surface area (Å²) in [4.78, 5) is 13.0. The summed E-state index contributed by atoms with van der Waals surface area (Å²) in [6.07, 6.45) is 5.05. The first kappa shape index (κ1) is 28.8. The standard InChI is InChI=1S/C20H32N2O2.C7H8.Y/c1-6-22(11-9-7-8-10-12-22)17(4)20(23)21-19-15(2)13-18(24-5)14-16(19)3;1-7-5-3-2-4-6-7;/h13-14,17H,6-12H2,1-5H3;2-6H,1H3;/p+1. The Labute approximate surface area is 220 Å². The van der Waals surface area contributed by atoms with Crippen LogP contribution in [0.5, 0.6) is 5.75 Å². The first-order valence-electron chi connectivity index (χ1n) is 11.7. The zero-order valence-electron chi connectivity index (χ0n) is 20.9. The first-order valence-corrected chi connectivity index (χ1v) is 11.7. The molecule has 5 heteroatoms. The molecule has 1 radical (unpaired) electrons. The van der Waals surface area contributed by atoms with Crippen molar-refractivity contribution in [3.05, 3.63) is 59.2 Å². The van der Waals surface area contributed by atoms with Crippen LogP contribution in [0.2, 0.25) is 0 Å². The maximum Gasteiger partial charge on any atom is 0.282 e. The third kappa shape index (κ3) is 7.97. The van der Waals surface area contributed by atoms with Crippen molar-refractivity contribution >= 4 is 11.6 Å². The smallest absolute Gasteiger partial charge is 0.282 e. The fourth-order valence-electron chi connectivity index (χ4n) is 4.55. The van der Waals surface area contributed by atoms with Gasteiger partial charge in [0.05, 0.1) is 26.7 Å².